The molecule has 22 heavy (non-hydrogen) atoms. The van der Waals surface area contributed by atoms with E-state index < -0.39 is 17.6 Å². The SMILES string of the molecule is CC1(C)OC(=O)N(CC(=O)N2CC[C@@H]2c2ccccc2)C1=O. The number of amides is 3. The first-order valence-electron chi connectivity index (χ1n) is 7.29. The van der Waals surface area contributed by atoms with Crippen molar-refractivity contribution in [2.45, 2.75) is 31.9 Å². The summed E-state index contributed by atoms with van der Waals surface area (Å²) in [6.07, 6.45) is 0.139. The number of imide groups is 1. The predicted molar refractivity (Wildman–Crippen MR) is 77.8 cm³/mol. The predicted octanol–water partition coefficient (Wildman–Crippen LogP) is 1.72. The van der Waals surface area contributed by atoms with Crippen molar-refractivity contribution in [1.82, 2.24) is 9.80 Å². The van der Waals surface area contributed by atoms with Crippen LogP contribution in [0.2, 0.25) is 0 Å². The molecule has 116 valence electrons. The molecule has 1 aromatic rings. The van der Waals surface area contributed by atoms with E-state index in [0.717, 1.165) is 16.9 Å². The summed E-state index contributed by atoms with van der Waals surface area (Å²) in [5, 5.41) is 0. The van der Waals surface area contributed by atoms with Crippen molar-refractivity contribution in [3.63, 3.8) is 0 Å². The Balaban J connectivity index is 1.68. The largest absolute Gasteiger partial charge is 0.433 e. The van der Waals surface area contributed by atoms with Gasteiger partial charge in [0.25, 0.3) is 5.91 Å². The van der Waals surface area contributed by atoms with Crippen LogP contribution >= 0.6 is 0 Å². The zero-order valence-electron chi connectivity index (χ0n) is 12.6. The minimum absolute atomic E-state index is 0.0236. The third kappa shape index (κ3) is 2.34. The summed E-state index contributed by atoms with van der Waals surface area (Å²) in [6, 6.07) is 9.76. The summed E-state index contributed by atoms with van der Waals surface area (Å²) < 4.78 is 4.98. The molecule has 3 rings (SSSR count). The van der Waals surface area contributed by atoms with Crippen molar-refractivity contribution >= 4 is 17.9 Å². The third-order valence-electron chi connectivity index (χ3n) is 4.14. The van der Waals surface area contributed by atoms with Crippen LogP contribution in [-0.2, 0) is 14.3 Å². The summed E-state index contributed by atoms with van der Waals surface area (Å²) in [7, 11) is 0. The zero-order valence-corrected chi connectivity index (χ0v) is 12.6. The van der Waals surface area contributed by atoms with Crippen molar-refractivity contribution in [3.05, 3.63) is 35.9 Å². The Hall–Kier alpha value is -2.37. The molecule has 0 aromatic heterocycles. The minimum atomic E-state index is -1.19. The number of rotatable bonds is 3. The van der Waals surface area contributed by atoms with Gasteiger partial charge >= 0.3 is 6.09 Å². The Bertz CT molecular complexity index is 626. The standard InChI is InChI=1S/C16H18N2O4/c1-16(2)14(20)18(15(21)22-16)10-13(19)17-9-8-12(17)11-6-4-3-5-7-11/h3-7,12H,8-10H2,1-2H3/t12-/m1/s1. The smallest absolute Gasteiger partial charge is 0.418 e. The van der Waals surface area contributed by atoms with Gasteiger partial charge < -0.3 is 9.64 Å². The van der Waals surface area contributed by atoms with Crippen LogP contribution in [0, 0.1) is 0 Å². The van der Waals surface area contributed by atoms with Crippen LogP contribution < -0.4 is 0 Å². The lowest BCUT2D eigenvalue weighted by Gasteiger charge is -2.41. The maximum absolute atomic E-state index is 12.4. The molecule has 0 aliphatic carbocycles. The van der Waals surface area contributed by atoms with Crippen LogP contribution in [0.15, 0.2) is 30.3 Å². The molecule has 2 aliphatic heterocycles. The van der Waals surface area contributed by atoms with Crippen LogP contribution in [0.1, 0.15) is 31.9 Å². The molecular weight excluding hydrogens is 284 g/mol. The van der Waals surface area contributed by atoms with E-state index in [1.165, 1.54) is 13.8 Å². The number of cyclic esters (lactones) is 1. The third-order valence-corrected chi connectivity index (χ3v) is 4.14. The molecule has 6 heteroatoms. The van der Waals surface area contributed by atoms with Gasteiger partial charge in [-0.25, -0.2) is 9.69 Å². The minimum Gasteiger partial charge on any atom is -0.433 e. The lowest BCUT2D eigenvalue weighted by molar-refractivity contribution is -0.144. The van der Waals surface area contributed by atoms with E-state index >= 15 is 0 Å². The monoisotopic (exact) mass is 302 g/mol. The molecule has 2 heterocycles. The first-order valence-corrected chi connectivity index (χ1v) is 7.29. The molecule has 2 saturated heterocycles. The van der Waals surface area contributed by atoms with Gasteiger partial charge in [-0.15, -0.1) is 0 Å². The van der Waals surface area contributed by atoms with Gasteiger partial charge in [-0.1, -0.05) is 30.3 Å². The Morgan fingerprint density at radius 1 is 1.27 bits per heavy atom. The van der Waals surface area contributed by atoms with Gasteiger partial charge in [0.15, 0.2) is 5.60 Å². The van der Waals surface area contributed by atoms with E-state index in [9.17, 15) is 14.4 Å². The van der Waals surface area contributed by atoms with E-state index in [-0.39, 0.29) is 18.5 Å². The lowest BCUT2D eigenvalue weighted by atomic mass is 9.94. The highest BCUT2D eigenvalue weighted by Crippen LogP contribution is 2.33. The van der Waals surface area contributed by atoms with Crippen molar-refractivity contribution in [3.8, 4) is 0 Å². The molecule has 0 saturated carbocycles. The molecule has 0 spiro atoms. The second kappa shape index (κ2) is 5.12. The van der Waals surface area contributed by atoms with Crippen LogP contribution in [0.5, 0.6) is 0 Å². The fraction of sp³-hybridized carbons (Fsp3) is 0.438. The number of nitrogens with zero attached hydrogens (tertiary/aromatic N) is 2. The van der Waals surface area contributed by atoms with Crippen molar-refractivity contribution < 1.29 is 19.1 Å². The van der Waals surface area contributed by atoms with Crippen LogP contribution in [0.3, 0.4) is 0 Å². The van der Waals surface area contributed by atoms with E-state index in [1.54, 1.807) is 4.90 Å². The van der Waals surface area contributed by atoms with Gasteiger partial charge in [-0.3, -0.25) is 9.59 Å². The molecule has 2 fully saturated rings. The number of hydrogen-bond donors (Lipinski definition) is 0. The van der Waals surface area contributed by atoms with Crippen LogP contribution in [0.4, 0.5) is 4.79 Å². The highest BCUT2D eigenvalue weighted by Gasteiger charge is 2.48. The molecule has 1 aromatic carbocycles. The molecule has 0 unspecified atom stereocenters. The molecule has 1 atom stereocenters. The maximum atomic E-state index is 12.4. The Morgan fingerprint density at radius 3 is 2.45 bits per heavy atom. The lowest BCUT2D eigenvalue weighted by Crippen LogP contribution is -2.50. The quantitative estimate of drug-likeness (QED) is 0.852. The van der Waals surface area contributed by atoms with Gasteiger partial charge in [0, 0.05) is 6.54 Å². The summed E-state index contributed by atoms with van der Waals surface area (Å²) in [6.45, 7) is 3.42. The summed E-state index contributed by atoms with van der Waals surface area (Å²) in [4.78, 5) is 38.8. The van der Waals surface area contributed by atoms with Crippen molar-refractivity contribution in [2.24, 2.45) is 0 Å². The average Bonchev–Trinajstić information content (AvgIpc) is 2.61. The number of likely N-dealkylation sites (tertiary alicyclic amines) is 1. The molecule has 0 N–H and O–H groups in total. The van der Waals surface area contributed by atoms with E-state index in [0.29, 0.717) is 6.54 Å². The molecule has 0 bridgehead atoms. The molecule has 2 aliphatic rings. The van der Waals surface area contributed by atoms with Gasteiger partial charge in [0.1, 0.15) is 6.54 Å². The van der Waals surface area contributed by atoms with E-state index in [2.05, 4.69) is 0 Å². The van der Waals surface area contributed by atoms with Gasteiger partial charge in [0.2, 0.25) is 5.91 Å². The van der Waals surface area contributed by atoms with Gasteiger partial charge in [-0.2, -0.15) is 0 Å². The number of hydrogen-bond acceptors (Lipinski definition) is 4. The summed E-state index contributed by atoms with van der Waals surface area (Å²) in [5.74, 6) is -0.703. The van der Waals surface area contributed by atoms with Crippen molar-refractivity contribution in [2.75, 3.05) is 13.1 Å². The molecule has 6 nitrogen and oxygen atoms in total. The van der Waals surface area contributed by atoms with E-state index in [1.807, 2.05) is 30.3 Å². The topological polar surface area (TPSA) is 66.9 Å². The summed E-state index contributed by atoms with van der Waals surface area (Å²) >= 11 is 0. The molecule has 3 amide bonds. The van der Waals surface area contributed by atoms with Crippen LogP contribution in [-0.4, -0.2) is 46.4 Å². The maximum Gasteiger partial charge on any atom is 0.418 e. The first kappa shape index (κ1) is 14.6. The Kier molecular flexibility index (Phi) is 3.39. The fourth-order valence-corrected chi connectivity index (χ4v) is 2.80. The first-order chi connectivity index (χ1) is 10.4. The Morgan fingerprint density at radius 2 is 1.95 bits per heavy atom. The highest BCUT2D eigenvalue weighted by molar-refractivity contribution is 6.04. The second-order valence-electron chi connectivity index (χ2n) is 6.07. The average molecular weight is 302 g/mol. The Labute approximate surface area is 128 Å². The fourth-order valence-electron chi connectivity index (χ4n) is 2.80. The van der Waals surface area contributed by atoms with Gasteiger partial charge in [-0.05, 0) is 25.8 Å². The summed E-state index contributed by atoms with van der Waals surface area (Å²) in [5.41, 5.74) is -0.122. The van der Waals surface area contributed by atoms with Crippen molar-refractivity contribution in [1.29, 1.82) is 0 Å². The highest BCUT2D eigenvalue weighted by atomic mass is 16.6. The molecular formula is C16H18N2O4. The normalized spacial score (nSPS) is 23.3. The molecule has 0 radical (unpaired) electrons. The zero-order chi connectivity index (χ0) is 15.9. The number of ether oxygens (including phenoxy) is 1. The second-order valence-corrected chi connectivity index (χ2v) is 6.07. The number of carbonyl (C=O) groups is 3. The van der Waals surface area contributed by atoms with Crippen LogP contribution in [0.25, 0.3) is 0 Å². The van der Waals surface area contributed by atoms with Gasteiger partial charge in [0.05, 0.1) is 6.04 Å². The number of carbonyl (C=O) groups excluding carboxylic acids is 3. The number of benzene rings is 1. The van der Waals surface area contributed by atoms with E-state index in [4.69, 9.17) is 4.74 Å².